The molecule has 0 aliphatic carbocycles. The van der Waals surface area contributed by atoms with Crippen molar-refractivity contribution < 1.29 is 24.0 Å². The van der Waals surface area contributed by atoms with Crippen LogP contribution in [0.1, 0.15) is 13.8 Å². The summed E-state index contributed by atoms with van der Waals surface area (Å²) in [5, 5.41) is 13.2. The Balaban J connectivity index is 2.60. The van der Waals surface area contributed by atoms with Crippen LogP contribution in [-0.2, 0) is 14.3 Å². The Bertz CT molecular complexity index is 531. The topological polar surface area (TPSA) is 108 Å². The minimum atomic E-state index is -0.986. The first-order valence-corrected chi connectivity index (χ1v) is 6.29. The van der Waals surface area contributed by atoms with Gasteiger partial charge >= 0.3 is 11.7 Å². The number of nitrogens with one attached hydrogen (secondary N) is 1. The van der Waals surface area contributed by atoms with Crippen LogP contribution in [0.3, 0.4) is 0 Å². The fraction of sp³-hybridized carbons (Fsp3) is 0.385. The summed E-state index contributed by atoms with van der Waals surface area (Å²) in [6.07, 6.45) is -0.986. The van der Waals surface area contributed by atoms with E-state index in [1.54, 1.807) is 13.0 Å². The average molecular weight is 296 g/mol. The average Bonchev–Trinajstić information content (AvgIpc) is 2.45. The second-order valence-electron chi connectivity index (χ2n) is 4.01. The number of benzene rings is 1. The molecule has 8 nitrogen and oxygen atoms in total. The van der Waals surface area contributed by atoms with Crippen LogP contribution in [-0.4, -0.2) is 36.1 Å². The van der Waals surface area contributed by atoms with E-state index in [0.29, 0.717) is 0 Å². The molecule has 0 spiro atoms. The molecule has 0 aliphatic heterocycles. The van der Waals surface area contributed by atoms with Gasteiger partial charge in [0, 0.05) is 6.07 Å². The van der Waals surface area contributed by atoms with E-state index in [0.717, 1.165) is 0 Å². The largest absolute Gasteiger partial charge is 0.474 e. The van der Waals surface area contributed by atoms with E-state index < -0.39 is 22.9 Å². The number of amides is 1. The lowest BCUT2D eigenvalue weighted by Crippen LogP contribution is -2.39. The molecule has 0 fully saturated rings. The van der Waals surface area contributed by atoms with Gasteiger partial charge in [-0.25, -0.2) is 0 Å². The molecule has 0 saturated carbocycles. The molecule has 0 radical (unpaired) electrons. The number of nitro groups is 1. The van der Waals surface area contributed by atoms with Gasteiger partial charge in [0.05, 0.1) is 11.5 Å². The summed E-state index contributed by atoms with van der Waals surface area (Å²) in [6.45, 7) is 3.02. The van der Waals surface area contributed by atoms with Gasteiger partial charge in [-0.05, 0) is 19.9 Å². The first kappa shape index (κ1) is 16.4. The van der Waals surface area contributed by atoms with Crippen LogP contribution in [0, 0.1) is 10.1 Å². The Morgan fingerprint density at radius 2 is 2.05 bits per heavy atom. The van der Waals surface area contributed by atoms with Gasteiger partial charge < -0.3 is 14.8 Å². The molecule has 1 aromatic carbocycles. The summed E-state index contributed by atoms with van der Waals surface area (Å²) in [4.78, 5) is 33.1. The number of nitro benzene ring substituents is 1. The molecule has 8 heteroatoms. The van der Waals surface area contributed by atoms with Gasteiger partial charge in [0.25, 0.3) is 5.91 Å². The van der Waals surface area contributed by atoms with Crippen LogP contribution in [0.4, 0.5) is 5.69 Å². The number of esters is 1. The highest BCUT2D eigenvalue weighted by atomic mass is 16.6. The fourth-order valence-corrected chi connectivity index (χ4v) is 1.47. The van der Waals surface area contributed by atoms with E-state index >= 15 is 0 Å². The Kier molecular flexibility index (Phi) is 6.12. The van der Waals surface area contributed by atoms with Crippen molar-refractivity contribution in [2.45, 2.75) is 20.0 Å². The van der Waals surface area contributed by atoms with Crippen molar-refractivity contribution in [1.29, 1.82) is 0 Å². The van der Waals surface area contributed by atoms with Crippen molar-refractivity contribution in [1.82, 2.24) is 5.32 Å². The molecule has 114 valence electrons. The third-order valence-corrected chi connectivity index (χ3v) is 2.45. The van der Waals surface area contributed by atoms with Crippen LogP contribution in [0.25, 0.3) is 0 Å². The number of nitrogens with zero attached hydrogens (tertiary/aromatic N) is 1. The van der Waals surface area contributed by atoms with Crippen molar-refractivity contribution in [3.8, 4) is 5.75 Å². The predicted octanol–water partition coefficient (Wildman–Crippen LogP) is 1.04. The first-order chi connectivity index (χ1) is 9.95. The summed E-state index contributed by atoms with van der Waals surface area (Å²) in [5.41, 5.74) is -0.234. The summed E-state index contributed by atoms with van der Waals surface area (Å²) in [6, 6.07) is 5.73. The smallest absolute Gasteiger partial charge is 0.325 e. The van der Waals surface area contributed by atoms with Crippen molar-refractivity contribution in [2.24, 2.45) is 0 Å². The zero-order valence-electron chi connectivity index (χ0n) is 11.7. The molecule has 1 atom stereocenters. The van der Waals surface area contributed by atoms with Gasteiger partial charge in [-0.1, -0.05) is 12.1 Å². The van der Waals surface area contributed by atoms with Crippen molar-refractivity contribution >= 4 is 17.6 Å². The van der Waals surface area contributed by atoms with Gasteiger partial charge in [0.2, 0.25) is 0 Å². The van der Waals surface area contributed by atoms with E-state index in [4.69, 9.17) is 4.74 Å². The van der Waals surface area contributed by atoms with Crippen LogP contribution in [0.15, 0.2) is 24.3 Å². The van der Waals surface area contributed by atoms with Crippen molar-refractivity contribution in [2.75, 3.05) is 13.2 Å². The number of rotatable bonds is 7. The number of hydrogen-bond donors (Lipinski definition) is 1. The molecule has 0 aliphatic rings. The maximum absolute atomic E-state index is 11.7. The van der Waals surface area contributed by atoms with Gasteiger partial charge in [-0.3, -0.25) is 19.7 Å². The third kappa shape index (κ3) is 5.09. The molecular formula is C13H16N2O6. The third-order valence-electron chi connectivity index (χ3n) is 2.45. The number of para-hydroxylation sites is 2. The maximum atomic E-state index is 11.7. The Morgan fingerprint density at radius 1 is 1.38 bits per heavy atom. The molecule has 0 heterocycles. The first-order valence-electron chi connectivity index (χ1n) is 6.29. The Hall–Kier alpha value is -2.64. The quantitative estimate of drug-likeness (QED) is 0.457. The summed E-state index contributed by atoms with van der Waals surface area (Å²) in [5.74, 6) is -1.15. The van der Waals surface area contributed by atoms with Crippen LogP contribution < -0.4 is 10.1 Å². The van der Waals surface area contributed by atoms with E-state index in [1.807, 2.05) is 0 Å². The SMILES string of the molecule is CCOC(=O)CNC(=O)[C@@H](C)Oc1ccccc1[N+](=O)[O-]. The monoisotopic (exact) mass is 296 g/mol. The van der Waals surface area contributed by atoms with Gasteiger partial charge in [-0.15, -0.1) is 0 Å². The number of carbonyl (C=O) groups is 2. The normalized spacial score (nSPS) is 11.3. The van der Waals surface area contributed by atoms with Gasteiger partial charge in [0.1, 0.15) is 6.54 Å². The molecule has 0 unspecified atom stereocenters. The van der Waals surface area contributed by atoms with E-state index in [1.165, 1.54) is 25.1 Å². The lowest BCUT2D eigenvalue weighted by molar-refractivity contribution is -0.386. The minimum Gasteiger partial charge on any atom is -0.474 e. The molecule has 1 rings (SSSR count). The molecule has 1 N–H and O–H groups in total. The van der Waals surface area contributed by atoms with Crippen molar-refractivity contribution in [3.63, 3.8) is 0 Å². The lowest BCUT2D eigenvalue weighted by atomic mass is 10.3. The highest BCUT2D eigenvalue weighted by molar-refractivity contribution is 5.85. The van der Waals surface area contributed by atoms with Crippen LogP contribution >= 0.6 is 0 Å². The Labute approximate surface area is 121 Å². The summed E-state index contributed by atoms with van der Waals surface area (Å²) < 4.78 is 9.91. The molecular weight excluding hydrogens is 280 g/mol. The summed E-state index contributed by atoms with van der Waals surface area (Å²) >= 11 is 0. The van der Waals surface area contributed by atoms with Gasteiger partial charge in [0.15, 0.2) is 11.9 Å². The highest BCUT2D eigenvalue weighted by Crippen LogP contribution is 2.26. The Morgan fingerprint density at radius 3 is 2.67 bits per heavy atom. The maximum Gasteiger partial charge on any atom is 0.325 e. The lowest BCUT2D eigenvalue weighted by Gasteiger charge is -2.14. The minimum absolute atomic E-state index is 0.0127. The van der Waals surface area contributed by atoms with E-state index in [9.17, 15) is 19.7 Å². The standard InChI is InChI=1S/C13H16N2O6/c1-3-20-12(16)8-14-13(17)9(2)21-11-7-5-4-6-10(11)15(18)19/h4-7,9H,3,8H2,1-2H3,(H,14,17)/t9-/m1/s1. The molecule has 21 heavy (non-hydrogen) atoms. The van der Waals surface area contributed by atoms with Crippen LogP contribution in [0.5, 0.6) is 5.75 Å². The zero-order chi connectivity index (χ0) is 15.8. The molecule has 1 aromatic rings. The molecule has 1 amide bonds. The molecule has 0 bridgehead atoms. The van der Waals surface area contributed by atoms with Crippen molar-refractivity contribution in [3.05, 3.63) is 34.4 Å². The fourth-order valence-electron chi connectivity index (χ4n) is 1.47. The predicted molar refractivity (Wildman–Crippen MR) is 72.8 cm³/mol. The molecule has 0 saturated heterocycles. The second-order valence-corrected chi connectivity index (χ2v) is 4.01. The van der Waals surface area contributed by atoms with E-state index in [2.05, 4.69) is 10.1 Å². The molecule has 0 aromatic heterocycles. The highest BCUT2D eigenvalue weighted by Gasteiger charge is 2.20. The summed E-state index contributed by atoms with van der Waals surface area (Å²) in [7, 11) is 0. The van der Waals surface area contributed by atoms with E-state index in [-0.39, 0.29) is 24.6 Å². The van der Waals surface area contributed by atoms with Gasteiger partial charge in [-0.2, -0.15) is 0 Å². The number of hydrogen-bond acceptors (Lipinski definition) is 6. The second kappa shape index (κ2) is 7.83. The zero-order valence-corrected chi connectivity index (χ0v) is 11.7. The number of ether oxygens (including phenoxy) is 2. The van der Waals surface area contributed by atoms with Crippen LogP contribution in [0.2, 0.25) is 0 Å². The number of carbonyl (C=O) groups excluding carboxylic acids is 2.